The Bertz CT molecular complexity index is 650. The first kappa shape index (κ1) is 21.1. The van der Waals surface area contributed by atoms with Crippen LogP contribution in [0.3, 0.4) is 0 Å². The van der Waals surface area contributed by atoms with Crippen LogP contribution in [0.2, 0.25) is 0 Å². The Labute approximate surface area is 153 Å². The Hall–Kier alpha value is -1.96. The van der Waals surface area contributed by atoms with Crippen LogP contribution in [0, 0.1) is 5.92 Å². The summed E-state index contributed by atoms with van der Waals surface area (Å²) in [5.41, 5.74) is 7.15. The third-order valence-corrected chi connectivity index (χ3v) is 3.90. The Morgan fingerprint density at radius 3 is 2.68 bits per heavy atom. The van der Waals surface area contributed by atoms with Crippen LogP contribution in [-0.4, -0.2) is 41.7 Å². The van der Waals surface area contributed by atoms with Gasteiger partial charge in [-0.15, -0.1) is 12.4 Å². The fourth-order valence-corrected chi connectivity index (χ4v) is 2.40. The summed E-state index contributed by atoms with van der Waals surface area (Å²) in [6.45, 7) is 2.61. The van der Waals surface area contributed by atoms with Crippen molar-refractivity contribution in [3.05, 3.63) is 47.6 Å². The van der Waals surface area contributed by atoms with Gasteiger partial charge in [-0.25, -0.2) is 0 Å². The molecule has 0 spiro atoms. The first-order valence-corrected chi connectivity index (χ1v) is 7.88. The molecule has 2 unspecified atom stereocenters. The first-order chi connectivity index (χ1) is 11.5. The minimum absolute atomic E-state index is 0. The van der Waals surface area contributed by atoms with Gasteiger partial charge in [0, 0.05) is 26.6 Å². The second-order valence-corrected chi connectivity index (χ2v) is 5.77. The molecule has 0 radical (unpaired) electrons. The molecule has 2 N–H and O–H groups in total. The number of nitrogens with two attached hydrogens (primary N) is 1. The summed E-state index contributed by atoms with van der Waals surface area (Å²) in [5.74, 6) is 0.551. The second kappa shape index (κ2) is 10.1. The van der Waals surface area contributed by atoms with E-state index in [-0.39, 0.29) is 36.8 Å². The lowest BCUT2D eigenvalue weighted by atomic mass is 9.94. The van der Waals surface area contributed by atoms with Gasteiger partial charge < -0.3 is 19.9 Å². The van der Waals surface area contributed by atoms with Crippen molar-refractivity contribution in [2.75, 3.05) is 20.8 Å². The van der Waals surface area contributed by atoms with E-state index < -0.39 is 0 Å². The minimum Gasteiger partial charge on any atom is -0.384 e. The van der Waals surface area contributed by atoms with Gasteiger partial charge in [0.05, 0.1) is 19.1 Å². The summed E-state index contributed by atoms with van der Waals surface area (Å²) in [4.78, 5) is 18.4. The molecule has 1 aromatic carbocycles. The maximum Gasteiger partial charge on any atom is 0.246 e. The Kier molecular flexibility index (Phi) is 8.54. The van der Waals surface area contributed by atoms with Gasteiger partial charge in [-0.1, -0.05) is 42.4 Å². The normalized spacial score (nSPS) is 13.0. The predicted octanol–water partition coefficient (Wildman–Crippen LogP) is 1.97. The molecule has 0 bridgehead atoms. The van der Waals surface area contributed by atoms with Crippen molar-refractivity contribution in [3.8, 4) is 0 Å². The Morgan fingerprint density at radius 2 is 2.04 bits per heavy atom. The van der Waals surface area contributed by atoms with Crippen molar-refractivity contribution in [2.45, 2.75) is 25.9 Å². The Morgan fingerprint density at radius 1 is 1.36 bits per heavy atom. The highest BCUT2D eigenvalue weighted by Gasteiger charge is 2.25. The lowest BCUT2D eigenvalue weighted by Gasteiger charge is -2.24. The molecular formula is C17H25ClN4O3. The molecule has 2 aromatic rings. The fourth-order valence-electron chi connectivity index (χ4n) is 2.40. The topological polar surface area (TPSA) is 94.5 Å². The van der Waals surface area contributed by atoms with Gasteiger partial charge in [0.1, 0.15) is 0 Å². The van der Waals surface area contributed by atoms with Crippen LogP contribution < -0.4 is 5.73 Å². The van der Waals surface area contributed by atoms with Gasteiger partial charge in [0.2, 0.25) is 11.8 Å². The number of amides is 1. The van der Waals surface area contributed by atoms with Crippen LogP contribution >= 0.6 is 12.4 Å². The molecule has 1 amide bonds. The van der Waals surface area contributed by atoms with Crippen molar-refractivity contribution in [1.82, 2.24) is 15.0 Å². The van der Waals surface area contributed by atoms with Gasteiger partial charge in [0.15, 0.2) is 5.82 Å². The molecule has 0 aliphatic carbocycles. The van der Waals surface area contributed by atoms with E-state index in [1.165, 1.54) is 0 Å². The minimum atomic E-state index is -0.360. The zero-order valence-corrected chi connectivity index (χ0v) is 15.5. The van der Waals surface area contributed by atoms with Crippen molar-refractivity contribution < 1.29 is 14.1 Å². The molecule has 0 aliphatic heterocycles. The number of hydrogen-bond acceptors (Lipinski definition) is 6. The average Bonchev–Trinajstić information content (AvgIpc) is 3.06. The summed E-state index contributed by atoms with van der Waals surface area (Å²) in [5, 5.41) is 3.86. The number of hydrogen-bond donors (Lipinski definition) is 1. The Balaban J connectivity index is 0.00000312. The van der Waals surface area contributed by atoms with Gasteiger partial charge in [-0.05, 0) is 5.56 Å². The van der Waals surface area contributed by atoms with Crippen molar-refractivity contribution in [1.29, 1.82) is 0 Å². The number of nitrogens with zero attached hydrogens (tertiary/aromatic N) is 3. The number of methoxy groups -OCH3 is 1. The molecule has 0 saturated heterocycles. The molecular weight excluding hydrogens is 344 g/mol. The highest BCUT2D eigenvalue weighted by atomic mass is 35.5. The monoisotopic (exact) mass is 368 g/mol. The zero-order valence-electron chi connectivity index (χ0n) is 14.7. The van der Waals surface area contributed by atoms with E-state index in [9.17, 15) is 4.79 Å². The molecule has 0 fully saturated rings. The standard InChI is InChI=1S/C17H24N4O3.ClH/c1-12(16(18)13-7-5-4-6-8-13)17(22)21(2)11-15-19-14(20-24-15)9-10-23-3;/h4-8,12,16H,9-11,18H2,1-3H3;1H. The van der Waals surface area contributed by atoms with E-state index in [2.05, 4.69) is 10.1 Å². The number of rotatable bonds is 8. The van der Waals surface area contributed by atoms with Crippen LogP contribution in [0.4, 0.5) is 0 Å². The van der Waals surface area contributed by atoms with E-state index in [1.807, 2.05) is 37.3 Å². The van der Waals surface area contributed by atoms with E-state index in [4.69, 9.17) is 15.0 Å². The maximum atomic E-state index is 12.6. The molecule has 7 nitrogen and oxygen atoms in total. The second-order valence-electron chi connectivity index (χ2n) is 5.77. The lowest BCUT2D eigenvalue weighted by Crippen LogP contribution is -2.36. The number of carbonyl (C=O) groups excluding carboxylic acids is 1. The number of carbonyl (C=O) groups is 1. The predicted molar refractivity (Wildman–Crippen MR) is 96.1 cm³/mol. The van der Waals surface area contributed by atoms with Gasteiger partial charge in [0.25, 0.3) is 0 Å². The number of ether oxygens (including phenoxy) is 1. The van der Waals surface area contributed by atoms with Gasteiger partial charge >= 0.3 is 0 Å². The molecule has 25 heavy (non-hydrogen) atoms. The van der Waals surface area contributed by atoms with Crippen LogP contribution in [0.25, 0.3) is 0 Å². The van der Waals surface area contributed by atoms with Gasteiger partial charge in [-0.2, -0.15) is 4.98 Å². The number of halogens is 1. The zero-order chi connectivity index (χ0) is 17.5. The third-order valence-electron chi connectivity index (χ3n) is 3.90. The summed E-state index contributed by atoms with van der Waals surface area (Å²) < 4.78 is 10.1. The van der Waals surface area contributed by atoms with E-state index >= 15 is 0 Å². The molecule has 0 saturated carbocycles. The molecule has 1 heterocycles. The van der Waals surface area contributed by atoms with Crippen molar-refractivity contribution >= 4 is 18.3 Å². The van der Waals surface area contributed by atoms with E-state index in [1.54, 1.807) is 19.1 Å². The van der Waals surface area contributed by atoms with Crippen molar-refractivity contribution in [2.24, 2.45) is 11.7 Å². The molecule has 1 aromatic heterocycles. The average molecular weight is 369 g/mol. The van der Waals surface area contributed by atoms with Crippen LogP contribution in [-0.2, 0) is 22.5 Å². The maximum absolute atomic E-state index is 12.6. The third kappa shape index (κ3) is 5.81. The summed E-state index contributed by atoms with van der Waals surface area (Å²) in [6, 6.07) is 9.24. The highest BCUT2D eigenvalue weighted by molar-refractivity contribution is 5.85. The highest BCUT2D eigenvalue weighted by Crippen LogP contribution is 2.21. The number of benzene rings is 1. The van der Waals surface area contributed by atoms with Crippen molar-refractivity contribution in [3.63, 3.8) is 0 Å². The summed E-state index contributed by atoms with van der Waals surface area (Å²) in [7, 11) is 3.32. The van der Waals surface area contributed by atoms with Gasteiger partial charge in [-0.3, -0.25) is 4.79 Å². The van der Waals surface area contributed by atoms with Crippen LogP contribution in [0.1, 0.15) is 30.2 Å². The van der Waals surface area contributed by atoms with E-state index in [0.29, 0.717) is 24.7 Å². The molecule has 8 heteroatoms. The SMILES string of the molecule is COCCc1noc(CN(C)C(=O)C(C)C(N)c2ccccc2)n1.Cl. The van der Waals surface area contributed by atoms with Crippen LogP contribution in [0.5, 0.6) is 0 Å². The largest absolute Gasteiger partial charge is 0.384 e. The number of aromatic nitrogens is 2. The lowest BCUT2D eigenvalue weighted by molar-refractivity contribution is -0.135. The summed E-state index contributed by atoms with van der Waals surface area (Å²) in [6.07, 6.45) is 0.576. The fraction of sp³-hybridized carbons (Fsp3) is 0.471. The molecule has 0 aliphatic rings. The summed E-state index contributed by atoms with van der Waals surface area (Å²) >= 11 is 0. The molecule has 2 atom stereocenters. The molecule has 2 rings (SSSR count). The molecule has 138 valence electrons. The van der Waals surface area contributed by atoms with Crippen LogP contribution in [0.15, 0.2) is 34.9 Å². The quantitative estimate of drug-likeness (QED) is 0.765. The van der Waals surface area contributed by atoms with E-state index in [0.717, 1.165) is 5.56 Å². The first-order valence-electron chi connectivity index (χ1n) is 7.88. The smallest absolute Gasteiger partial charge is 0.246 e.